The van der Waals surface area contributed by atoms with Crippen LogP contribution in [0.5, 0.6) is 11.5 Å². The number of methoxy groups -OCH3 is 1. The molecule has 0 saturated carbocycles. The number of amides is 1. The van der Waals surface area contributed by atoms with Crippen molar-refractivity contribution in [1.82, 2.24) is 0 Å². The molecule has 126 valence electrons. The molecule has 0 radical (unpaired) electrons. The molecule has 2 aromatic carbocycles. The number of ether oxygens (including phenoxy) is 2. The molecule has 6 heteroatoms. The molecule has 0 aliphatic rings. The van der Waals surface area contributed by atoms with E-state index in [2.05, 4.69) is 10.1 Å². The second kappa shape index (κ2) is 8.10. The Morgan fingerprint density at radius 2 is 1.92 bits per heavy atom. The lowest BCUT2D eigenvalue weighted by molar-refractivity contribution is -0.111. The van der Waals surface area contributed by atoms with Gasteiger partial charge in [0.2, 0.25) is 5.91 Å². The van der Waals surface area contributed by atoms with E-state index in [0.717, 1.165) is 5.56 Å². The van der Waals surface area contributed by atoms with E-state index in [-0.39, 0.29) is 17.4 Å². The van der Waals surface area contributed by atoms with E-state index in [1.807, 2.05) is 25.1 Å². The van der Waals surface area contributed by atoms with Crippen LogP contribution in [0.4, 0.5) is 14.5 Å². The first-order chi connectivity index (χ1) is 11.5. The fourth-order valence-electron chi connectivity index (χ4n) is 2.09. The number of alkyl halides is 2. The van der Waals surface area contributed by atoms with E-state index in [9.17, 15) is 13.6 Å². The number of rotatable bonds is 6. The third-order valence-corrected chi connectivity index (χ3v) is 3.25. The molecule has 0 heterocycles. The summed E-state index contributed by atoms with van der Waals surface area (Å²) >= 11 is 0. The average Bonchev–Trinajstić information content (AvgIpc) is 2.55. The Labute approximate surface area is 138 Å². The van der Waals surface area contributed by atoms with Gasteiger partial charge in [-0.2, -0.15) is 8.78 Å². The number of aryl methyl sites for hydroxylation is 1. The topological polar surface area (TPSA) is 47.6 Å². The van der Waals surface area contributed by atoms with E-state index in [1.54, 1.807) is 18.2 Å². The molecule has 1 N–H and O–H groups in total. The van der Waals surface area contributed by atoms with Crippen LogP contribution in [-0.4, -0.2) is 19.6 Å². The van der Waals surface area contributed by atoms with Crippen molar-refractivity contribution in [3.05, 3.63) is 59.7 Å². The van der Waals surface area contributed by atoms with Crippen LogP contribution in [0.15, 0.2) is 48.5 Å². The molecule has 2 rings (SSSR count). The lowest BCUT2D eigenvalue weighted by atomic mass is 10.1. The zero-order chi connectivity index (χ0) is 17.5. The summed E-state index contributed by atoms with van der Waals surface area (Å²) in [6.07, 6.45) is 2.65. The zero-order valence-corrected chi connectivity index (χ0v) is 13.3. The summed E-state index contributed by atoms with van der Waals surface area (Å²) in [6, 6.07) is 12.0. The van der Waals surface area contributed by atoms with Crippen LogP contribution < -0.4 is 14.8 Å². The van der Waals surface area contributed by atoms with Crippen molar-refractivity contribution in [2.45, 2.75) is 13.5 Å². The fourth-order valence-corrected chi connectivity index (χ4v) is 2.09. The van der Waals surface area contributed by atoms with Crippen molar-refractivity contribution in [2.75, 3.05) is 12.4 Å². The van der Waals surface area contributed by atoms with Gasteiger partial charge in [0, 0.05) is 17.3 Å². The molecule has 24 heavy (non-hydrogen) atoms. The van der Waals surface area contributed by atoms with Crippen LogP contribution in [0.1, 0.15) is 11.1 Å². The maximum absolute atomic E-state index is 12.6. The van der Waals surface area contributed by atoms with Crippen molar-refractivity contribution in [3.8, 4) is 11.5 Å². The third-order valence-electron chi connectivity index (χ3n) is 3.25. The maximum Gasteiger partial charge on any atom is 0.387 e. The van der Waals surface area contributed by atoms with E-state index in [0.29, 0.717) is 11.3 Å². The largest absolute Gasteiger partial charge is 0.493 e. The van der Waals surface area contributed by atoms with Gasteiger partial charge in [0.05, 0.1) is 7.11 Å². The highest BCUT2D eigenvalue weighted by molar-refractivity contribution is 6.02. The predicted molar refractivity (Wildman–Crippen MR) is 88.5 cm³/mol. The van der Waals surface area contributed by atoms with Crippen molar-refractivity contribution in [3.63, 3.8) is 0 Å². The van der Waals surface area contributed by atoms with Crippen LogP contribution in [-0.2, 0) is 4.79 Å². The predicted octanol–water partition coefficient (Wildman–Crippen LogP) is 4.26. The van der Waals surface area contributed by atoms with Gasteiger partial charge in [0.15, 0.2) is 11.5 Å². The average molecular weight is 333 g/mol. The monoisotopic (exact) mass is 333 g/mol. The summed E-state index contributed by atoms with van der Waals surface area (Å²) in [6.45, 7) is -1.12. The Kier molecular flexibility index (Phi) is 5.89. The van der Waals surface area contributed by atoms with Crippen molar-refractivity contribution in [1.29, 1.82) is 0 Å². The summed E-state index contributed by atoms with van der Waals surface area (Å²) in [7, 11) is 1.35. The summed E-state index contributed by atoms with van der Waals surface area (Å²) in [5, 5.41) is 2.72. The first kappa shape index (κ1) is 17.5. The minimum absolute atomic E-state index is 0.116. The Morgan fingerprint density at radius 1 is 1.17 bits per heavy atom. The van der Waals surface area contributed by atoms with E-state index >= 15 is 0 Å². The second-order valence-corrected chi connectivity index (χ2v) is 4.89. The molecule has 0 fully saturated rings. The van der Waals surface area contributed by atoms with Crippen LogP contribution in [0.2, 0.25) is 0 Å². The summed E-state index contributed by atoms with van der Waals surface area (Å²) < 4.78 is 34.6. The quantitative estimate of drug-likeness (QED) is 0.804. The molecule has 2 aromatic rings. The van der Waals surface area contributed by atoms with Crippen LogP contribution in [0.25, 0.3) is 6.08 Å². The van der Waals surface area contributed by atoms with E-state index < -0.39 is 6.61 Å². The van der Waals surface area contributed by atoms with Gasteiger partial charge in [-0.25, -0.2) is 0 Å². The normalized spacial score (nSPS) is 10.9. The molecule has 0 unspecified atom stereocenters. The number of carbonyl (C=O) groups excluding carboxylic acids is 1. The first-order valence-corrected chi connectivity index (χ1v) is 7.17. The van der Waals surface area contributed by atoms with Gasteiger partial charge in [-0.15, -0.1) is 0 Å². The fraction of sp³-hybridized carbons (Fsp3) is 0.167. The van der Waals surface area contributed by atoms with Crippen molar-refractivity contribution >= 4 is 17.7 Å². The third kappa shape index (κ3) is 4.55. The Bertz CT molecular complexity index is 745. The Hall–Kier alpha value is -2.89. The van der Waals surface area contributed by atoms with Gasteiger partial charge in [0.1, 0.15) is 0 Å². The lowest BCUT2D eigenvalue weighted by Crippen LogP contribution is -2.09. The van der Waals surface area contributed by atoms with Gasteiger partial charge < -0.3 is 14.8 Å². The Balaban J connectivity index is 2.19. The van der Waals surface area contributed by atoms with E-state index in [4.69, 9.17) is 4.74 Å². The number of carbonyl (C=O) groups is 1. The SMILES string of the molecule is COc1cccc(C=CC(=O)Nc2ccccc2C)c1OC(F)F. The first-order valence-electron chi connectivity index (χ1n) is 7.17. The number of hydrogen-bond donors (Lipinski definition) is 1. The number of para-hydroxylation sites is 2. The molecule has 4 nitrogen and oxygen atoms in total. The highest BCUT2D eigenvalue weighted by Crippen LogP contribution is 2.33. The van der Waals surface area contributed by atoms with Crippen LogP contribution in [0, 0.1) is 6.92 Å². The lowest BCUT2D eigenvalue weighted by Gasteiger charge is -2.12. The highest BCUT2D eigenvalue weighted by Gasteiger charge is 2.14. The van der Waals surface area contributed by atoms with Gasteiger partial charge in [-0.3, -0.25) is 4.79 Å². The maximum atomic E-state index is 12.6. The number of halogens is 2. The number of hydrogen-bond acceptors (Lipinski definition) is 3. The molecular formula is C18H17F2NO3. The molecule has 1 amide bonds. The summed E-state index contributed by atoms with van der Waals surface area (Å²) in [5.74, 6) is -0.332. The number of nitrogens with one attached hydrogen (secondary N) is 1. The molecule has 0 aliphatic carbocycles. The molecule has 0 atom stereocenters. The van der Waals surface area contributed by atoms with Gasteiger partial charge in [-0.1, -0.05) is 30.3 Å². The molecule has 0 bridgehead atoms. The molecule has 0 saturated heterocycles. The summed E-state index contributed by atoms with van der Waals surface area (Å²) in [5.41, 5.74) is 1.92. The van der Waals surface area contributed by atoms with E-state index in [1.165, 1.54) is 25.3 Å². The molecule has 0 aliphatic heterocycles. The molecular weight excluding hydrogens is 316 g/mol. The van der Waals surface area contributed by atoms with Crippen LogP contribution in [0.3, 0.4) is 0 Å². The minimum Gasteiger partial charge on any atom is -0.493 e. The zero-order valence-electron chi connectivity index (χ0n) is 13.3. The van der Waals surface area contributed by atoms with Crippen molar-refractivity contribution in [2.24, 2.45) is 0 Å². The van der Waals surface area contributed by atoms with Crippen molar-refractivity contribution < 1.29 is 23.0 Å². The molecule has 0 aromatic heterocycles. The number of benzene rings is 2. The molecule has 0 spiro atoms. The minimum atomic E-state index is -2.99. The number of anilines is 1. The summed E-state index contributed by atoms with van der Waals surface area (Å²) in [4.78, 5) is 12.0. The smallest absolute Gasteiger partial charge is 0.387 e. The second-order valence-electron chi connectivity index (χ2n) is 4.89. The van der Waals surface area contributed by atoms with Gasteiger partial charge >= 0.3 is 6.61 Å². The van der Waals surface area contributed by atoms with Crippen LogP contribution >= 0.6 is 0 Å². The highest BCUT2D eigenvalue weighted by atomic mass is 19.3. The van der Waals surface area contributed by atoms with Gasteiger partial charge in [0.25, 0.3) is 0 Å². The Morgan fingerprint density at radius 3 is 2.58 bits per heavy atom. The standard InChI is InChI=1S/C18H17F2NO3/c1-12-6-3-4-8-14(12)21-16(22)11-10-13-7-5-9-15(23-2)17(13)24-18(19)20/h3-11,18H,1-2H3,(H,21,22). The van der Waals surface area contributed by atoms with Gasteiger partial charge in [-0.05, 0) is 30.7 Å².